The Morgan fingerprint density at radius 3 is 2.38 bits per heavy atom. The van der Waals surface area contributed by atoms with Crippen LogP contribution in [0.25, 0.3) is 0 Å². The largest absolute Gasteiger partial charge is 0.306 e. The van der Waals surface area contributed by atoms with Crippen LogP contribution in [-0.4, -0.2) is 11.0 Å². The first-order chi connectivity index (χ1) is 7.77. The molecule has 0 aliphatic carbocycles. The van der Waals surface area contributed by atoms with E-state index in [1.54, 1.807) is 0 Å². The Kier molecular flexibility index (Phi) is 6.09. The van der Waals surface area contributed by atoms with Crippen LogP contribution < -0.4 is 5.32 Å². The molecular weight excluding hydrogens is 196 g/mol. The van der Waals surface area contributed by atoms with E-state index < -0.39 is 0 Å². The third kappa shape index (κ3) is 4.31. The Morgan fingerprint density at radius 2 is 1.88 bits per heavy atom. The quantitative estimate of drug-likeness (QED) is 0.758. The minimum atomic E-state index is 0.351. The van der Waals surface area contributed by atoms with Crippen molar-refractivity contribution in [1.29, 1.82) is 0 Å². The van der Waals surface area contributed by atoms with Crippen molar-refractivity contribution in [3.05, 3.63) is 30.1 Å². The molecule has 0 fully saturated rings. The maximum Gasteiger partial charge on any atom is 0.0570 e. The molecule has 2 heteroatoms. The molecule has 1 heterocycles. The Bertz CT molecular complexity index is 265. The van der Waals surface area contributed by atoms with E-state index in [0.29, 0.717) is 12.1 Å². The molecule has 0 saturated carbocycles. The fourth-order valence-electron chi connectivity index (χ4n) is 2.08. The average molecular weight is 220 g/mol. The lowest BCUT2D eigenvalue weighted by atomic mass is 10.0. The molecule has 0 bridgehead atoms. The van der Waals surface area contributed by atoms with E-state index in [1.165, 1.54) is 25.7 Å². The molecule has 0 amide bonds. The monoisotopic (exact) mass is 220 g/mol. The summed E-state index contributed by atoms with van der Waals surface area (Å²) < 4.78 is 0. The van der Waals surface area contributed by atoms with Crippen molar-refractivity contribution < 1.29 is 0 Å². The van der Waals surface area contributed by atoms with Crippen molar-refractivity contribution in [3.63, 3.8) is 0 Å². The van der Waals surface area contributed by atoms with Crippen molar-refractivity contribution >= 4 is 0 Å². The Hall–Kier alpha value is -0.890. The van der Waals surface area contributed by atoms with Crippen LogP contribution >= 0.6 is 0 Å². The molecule has 16 heavy (non-hydrogen) atoms. The SMILES string of the molecule is CCCC(CCC)N[C@@H](C)c1ccccn1. The lowest BCUT2D eigenvalue weighted by molar-refractivity contribution is 0.398. The van der Waals surface area contributed by atoms with Crippen molar-refractivity contribution in [2.24, 2.45) is 0 Å². The summed E-state index contributed by atoms with van der Waals surface area (Å²) in [7, 11) is 0. The molecule has 1 rings (SSSR count). The summed E-state index contributed by atoms with van der Waals surface area (Å²) in [5.74, 6) is 0. The van der Waals surface area contributed by atoms with Gasteiger partial charge in [0.1, 0.15) is 0 Å². The third-order valence-electron chi connectivity index (χ3n) is 2.89. The van der Waals surface area contributed by atoms with E-state index in [9.17, 15) is 0 Å². The zero-order chi connectivity index (χ0) is 11.8. The number of hydrogen-bond acceptors (Lipinski definition) is 2. The third-order valence-corrected chi connectivity index (χ3v) is 2.89. The van der Waals surface area contributed by atoms with Crippen LogP contribution in [0.15, 0.2) is 24.4 Å². The highest BCUT2D eigenvalue weighted by Crippen LogP contribution is 2.13. The van der Waals surface area contributed by atoms with Crippen LogP contribution in [0.4, 0.5) is 0 Å². The first kappa shape index (κ1) is 13.2. The zero-order valence-electron chi connectivity index (χ0n) is 10.7. The van der Waals surface area contributed by atoms with Crippen LogP contribution in [0.5, 0.6) is 0 Å². The molecule has 90 valence electrons. The normalized spacial score (nSPS) is 13.0. The number of nitrogens with zero attached hydrogens (tertiary/aromatic N) is 1. The number of hydrogen-bond donors (Lipinski definition) is 1. The maximum atomic E-state index is 4.39. The fourth-order valence-corrected chi connectivity index (χ4v) is 2.08. The molecule has 1 N–H and O–H groups in total. The minimum Gasteiger partial charge on any atom is -0.306 e. The Balaban J connectivity index is 2.50. The molecule has 0 spiro atoms. The van der Waals surface area contributed by atoms with Gasteiger partial charge in [0.25, 0.3) is 0 Å². The van der Waals surface area contributed by atoms with Crippen LogP contribution in [0.1, 0.15) is 58.2 Å². The van der Waals surface area contributed by atoms with Gasteiger partial charge in [0, 0.05) is 18.3 Å². The van der Waals surface area contributed by atoms with Gasteiger partial charge in [0.15, 0.2) is 0 Å². The average Bonchev–Trinajstić information content (AvgIpc) is 2.31. The van der Waals surface area contributed by atoms with Gasteiger partial charge in [0.2, 0.25) is 0 Å². The molecule has 0 radical (unpaired) electrons. The highest BCUT2D eigenvalue weighted by atomic mass is 15.0. The van der Waals surface area contributed by atoms with Crippen molar-refractivity contribution in [1.82, 2.24) is 10.3 Å². The molecule has 1 atom stereocenters. The van der Waals surface area contributed by atoms with Gasteiger partial charge >= 0.3 is 0 Å². The van der Waals surface area contributed by atoms with Gasteiger partial charge in [-0.05, 0) is 31.9 Å². The van der Waals surface area contributed by atoms with Gasteiger partial charge in [-0.3, -0.25) is 4.98 Å². The predicted octanol–water partition coefficient (Wildman–Crippen LogP) is 3.70. The second kappa shape index (κ2) is 7.39. The van der Waals surface area contributed by atoms with E-state index in [2.05, 4.69) is 43.2 Å². The molecule has 1 aromatic heterocycles. The fraction of sp³-hybridized carbons (Fsp3) is 0.643. The van der Waals surface area contributed by atoms with Crippen LogP contribution in [0, 0.1) is 0 Å². The predicted molar refractivity (Wildman–Crippen MR) is 69.4 cm³/mol. The number of rotatable bonds is 7. The summed E-state index contributed by atoms with van der Waals surface area (Å²) >= 11 is 0. The maximum absolute atomic E-state index is 4.39. The van der Waals surface area contributed by atoms with Gasteiger partial charge in [-0.2, -0.15) is 0 Å². The molecule has 0 aromatic carbocycles. The minimum absolute atomic E-state index is 0.351. The summed E-state index contributed by atoms with van der Waals surface area (Å²) in [6.45, 7) is 6.69. The number of nitrogens with one attached hydrogen (secondary N) is 1. The summed E-state index contributed by atoms with van der Waals surface area (Å²) in [5, 5.41) is 3.67. The first-order valence-corrected chi connectivity index (χ1v) is 6.44. The summed E-state index contributed by atoms with van der Waals surface area (Å²) in [5.41, 5.74) is 1.14. The lowest BCUT2D eigenvalue weighted by Gasteiger charge is -2.22. The standard InChI is InChI=1S/C14H24N2/c1-4-8-13(9-5-2)16-12(3)14-10-6-7-11-15-14/h6-7,10-13,16H,4-5,8-9H2,1-3H3/t12-/m0/s1. The van der Waals surface area contributed by atoms with Crippen LogP contribution in [-0.2, 0) is 0 Å². The Morgan fingerprint density at radius 1 is 1.19 bits per heavy atom. The van der Waals surface area contributed by atoms with E-state index in [-0.39, 0.29) is 0 Å². The van der Waals surface area contributed by atoms with Crippen LogP contribution in [0.3, 0.4) is 0 Å². The van der Waals surface area contributed by atoms with Crippen molar-refractivity contribution in [2.45, 2.75) is 58.5 Å². The topological polar surface area (TPSA) is 24.9 Å². The molecule has 0 aliphatic heterocycles. The van der Waals surface area contributed by atoms with Crippen molar-refractivity contribution in [2.75, 3.05) is 0 Å². The van der Waals surface area contributed by atoms with E-state index >= 15 is 0 Å². The van der Waals surface area contributed by atoms with Crippen molar-refractivity contribution in [3.8, 4) is 0 Å². The lowest BCUT2D eigenvalue weighted by Crippen LogP contribution is -2.31. The summed E-state index contributed by atoms with van der Waals surface area (Å²) in [6, 6.07) is 7.09. The van der Waals surface area contributed by atoms with E-state index in [4.69, 9.17) is 0 Å². The highest BCUT2D eigenvalue weighted by Gasteiger charge is 2.12. The number of aromatic nitrogens is 1. The van der Waals surface area contributed by atoms with Gasteiger partial charge in [-0.15, -0.1) is 0 Å². The van der Waals surface area contributed by atoms with Gasteiger partial charge < -0.3 is 5.32 Å². The molecule has 0 saturated heterocycles. The molecular formula is C14H24N2. The second-order valence-corrected chi connectivity index (χ2v) is 4.42. The highest BCUT2D eigenvalue weighted by molar-refractivity contribution is 5.07. The summed E-state index contributed by atoms with van der Waals surface area (Å²) in [4.78, 5) is 4.39. The molecule has 2 nitrogen and oxygen atoms in total. The summed E-state index contributed by atoms with van der Waals surface area (Å²) in [6.07, 6.45) is 6.86. The van der Waals surface area contributed by atoms with Gasteiger partial charge in [0.05, 0.1) is 5.69 Å². The number of pyridine rings is 1. The first-order valence-electron chi connectivity index (χ1n) is 6.44. The van der Waals surface area contributed by atoms with Gasteiger partial charge in [-0.1, -0.05) is 32.8 Å². The molecule has 1 aromatic rings. The van der Waals surface area contributed by atoms with E-state index in [1.807, 2.05) is 12.3 Å². The second-order valence-electron chi connectivity index (χ2n) is 4.42. The zero-order valence-corrected chi connectivity index (χ0v) is 10.7. The smallest absolute Gasteiger partial charge is 0.0570 e. The molecule has 0 aliphatic rings. The molecule has 0 unspecified atom stereocenters. The van der Waals surface area contributed by atoms with Gasteiger partial charge in [-0.25, -0.2) is 0 Å². The van der Waals surface area contributed by atoms with Crippen LogP contribution in [0.2, 0.25) is 0 Å². The van der Waals surface area contributed by atoms with E-state index in [0.717, 1.165) is 5.69 Å². The Labute approximate surface area is 99.5 Å².